The second kappa shape index (κ2) is 6.03. The average molecular weight is 344 g/mol. The molecule has 0 aromatic carbocycles. The third kappa shape index (κ3) is 3.96. The molecule has 1 atom stereocenters. The summed E-state index contributed by atoms with van der Waals surface area (Å²) in [5.41, 5.74) is 11.6. The van der Waals surface area contributed by atoms with Gasteiger partial charge in [0.2, 0.25) is 0 Å². The predicted octanol–water partition coefficient (Wildman–Crippen LogP) is 1.07. The summed E-state index contributed by atoms with van der Waals surface area (Å²) in [5.74, 6) is 0.539. The number of ether oxygens (including phenoxy) is 1. The maximum absolute atomic E-state index is 12.3. The number of rotatable bonds is 1. The van der Waals surface area contributed by atoms with Gasteiger partial charge in [-0.3, -0.25) is 0 Å². The van der Waals surface area contributed by atoms with Crippen molar-refractivity contribution in [2.24, 2.45) is 11.5 Å². The van der Waals surface area contributed by atoms with Gasteiger partial charge in [0.15, 0.2) is 0 Å². The van der Waals surface area contributed by atoms with E-state index in [1.165, 1.54) is 0 Å². The van der Waals surface area contributed by atoms with Crippen LogP contribution >= 0.6 is 11.6 Å². The molecule has 7 nitrogen and oxygen atoms in total. The van der Waals surface area contributed by atoms with Crippen molar-refractivity contribution in [3.63, 3.8) is 0 Å². The van der Waals surface area contributed by atoms with Gasteiger partial charge < -0.3 is 31.3 Å². The number of allylic oxidation sites excluding steroid dienone is 1. The maximum Gasteiger partial charge on any atom is 0.410 e. The van der Waals surface area contributed by atoms with Gasteiger partial charge in [0, 0.05) is 26.2 Å². The van der Waals surface area contributed by atoms with Gasteiger partial charge >= 0.3 is 6.09 Å². The highest BCUT2D eigenvalue weighted by Gasteiger charge is 2.43. The van der Waals surface area contributed by atoms with Gasteiger partial charge in [-0.25, -0.2) is 4.79 Å². The number of halogens is 1. The van der Waals surface area contributed by atoms with Crippen LogP contribution in [0.2, 0.25) is 0 Å². The minimum atomic E-state index is -0.509. The minimum Gasteiger partial charge on any atom is -0.444 e. The Labute approximate surface area is 142 Å². The van der Waals surface area contributed by atoms with E-state index in [-0.39, 0.29) is 16.8 Å². The smallest absolute Gasteiger partial charge is 0.410 e. The molecule has 130 valence electrons. The molecule has 5 N–H and O–H groups in total. The van der Waals surface area contributed by atoms with E-state index in [0.717, 1.165) is 5.70 Å². The molecule has 8 heteroatoms. The fraction of sp³-hybridized carbons (Fsp3) is 0.667. The summed E-state index contributed by atoms with van der Waals surface area (Å²) in [6.45, 7) is 9.99. The molecule has 0 aromatic heterocycles. The normalized spacial score (nSPS) is 25.9. The molecule has 0 aromatic rings. The molecule has 2 aliphatic rings. The Morgan fingerprint density at radius 1 is 1.43 bits per heavy atom. The summed E-state index contributed by atoms with van der Waals surface area (Å²) in [6.07, 6.45) is 1.35. The van der Waals surface area contributed by atoms with Gasteiger partial charge in [-0.2, -0.15) is 0 Å². The van der Waals surface area contributed by atoms with E-state index in [2.05, 4.69) is 17.1 Å². The number of nitrogens with one attached hydrogen (secondary N) is 1. The Kier molecular flexibility index (Phi) is 4.61. The highest BCUT2D eigenvalue weighted by Crippen LogP contribution is 2.30. The zero-order valence-corrected chi connectivity index (χ0v) is 14.9. The fourth-order valence-electron chi connectivity index (χ4n) is 2.92. The highest BCUT2D eigenvalue weighted by atomic mass is 35.5. The first-order valence-electron chi connectivity index (χ1n) is 7.64. The number of carbonyl (C=O) groups is 1. The number of nitrogens with zero attached hydrogens (tertiary/aromatic N) is 2. The van der Waals surface area contributed by atoms with Crippen molar-refractivity contribution in [3.05, 3.63) is 22.8 Å². The molecule has 1 saturated heterocycles. The van der Waals surface area contributed by atoms with Crippen LogP contribution in [0.1, 0.15) is 27.7 Å². The van der Waals surface area contributed by atoms with Crippen LogP contribution in [0.25, 0.3) is 0 Å². The molecule has 0 bridgehead atoms. The molecule has 2 aliphatic heterocycles. The van der Waals surface area contributed by atoms with Crippen LogP contribution in [0.5, 0.6) is 0 Å². The van der Waals surface area contributed by atoms with Crippen molar-refractivity contribution >= 4 is 17.7 Å². The molecule has 1 unspecified atom stereocenters. The number of piperazine rings is 1. The molecule has 0 aliphatic carbocycles. The number of hydrogen-bond acceptors (Lipinski definition) is 6. The molecule has 0 spiro atoms. The molecule has 0 radical (unpaired) electrons. The van der Waals surface area contributed by atoms with E-state index in [4.69, 9.17) is 27.8 Å². The van der Waals surface area contributed by atoms with Crippen LogP contribution in [-0.4, -0.2) is 53.2 Å². The summed E-state index contributed by atoms with van der Waals surface area (Å²) in [4.78, 5) is 16.2. The average Bonchev–Trinajstić information content (AvgIpc) is 2.39. The Bertz CT molecular complexity index is 551. The highest BCUT2D eigenvalue weighted by molar-refractivity contribution is 6.29. The van der Waals surface area contributed by atoms with Crippen LogP contribution in [0.3, 0.4) is 0 Å². The van der Waals surface area contributed by atoms with Crippen molar-refractivity contribution in [1.82, 2.24) is 15.1 Å². The predicted molar refractivity (Wildman–Crippen MR) is 90.3 cm³/mol. The third-order valence-electron chi connectivity index (χ3n) is 3.93. The summed E-state index contributed by atoms with van der Waals surface area (Å²) in [7, 11) is 0. The van der Waals surface area contributed by atoms with Crippen molar-refractivity contribution in [3.8, 4) is 0 Å². The van der Waals surface area contributed by atoms with Crippen LogP contribution in [0.4, 0.5) is 4.79 Å². The van der Waals surface area contributed by atoms with Gasteiger partial charge in [-0.1, -0.05) is 11.6 Å². The SMILES string of the molecule is CC(C)(C)OC(=O)N1CCN2C(/C=C(\N)Cl)=C(N)NCC2(C)C1. The lowest BCUT2D eigenvalue weighted by Crippen LogP contribution is -2.67. The Morgan fingerprint density at radius 3 is 2.65 bits per heavy atom. The van der Waals surface area contributed by atoms with E-state index < -0.39 is 5.60 Å². The van der Waals surface area contributed by atoms with Gasteiger partial charge in [0.05, 0.1) is 11.2 Å². The fourth-order valence-corrected chi connectivity index (χ4v) is 3.02. The second-order valence-corrected chi connectivity index (χ2v) is 7.67. The van der Waals surface area contributed by atoms with Gasteiger partial charge in [0.25, 0.3) is 0 Å². The summed E-state index contributed by atoms with van der Waals surface area (Å²) >= 11 is 5.81. The molecule has 2 rings (SSSR count). The summed E-state index contributed by atoms with van der Waals surface area (Å²) in [6, 6.07) is 0. The molecule has 23 heavy (non-hydrogen) atoms. The first-order chi connectivity index (χ1) is 10.5. The molecule has 2 heterocycles. The van der Waals surface area contributed by atoms with Gasteiger partial charge in [-0.05, 0) is 33.8 Å². The summed E-state index contributed by atoms with van der Waals surface area (Å²) < 4.78 is 5.47. The topological polar surface area (TPSA) is 96.8 Å². The van der Waals surface area contributed by atoms with Crippen LogP contribution in [0, 0.1) is 0 Å². The monoisotopic (exact) mass is 343 g/mol. The van der Waals surface area contributed by atoms with E-state index in [1.807, 2.05) is 20.8 Å². The van der Waals surface area contributed by atoms with Crippen molar-refractivity contribution in [2.45, 2.75) is 38.8 Å². The largest absolute Gasteiger partial charge is 0.444 e. The molecular weight excluding hydrogens is 318 g/mol. The lowest BCUT2D eigenvalue weighted by atomic mass is 9.93. The van der Waals surface area contributed by atoms with E-state index in [1.54, 1.807) is 11.0 Å². The van der Waals surface area contributed by atoms with E-state index in [0.29, 0.717) is 32.0 Å². The number of fused-ring (bicyclic) bond motifs is 1. The van der Waals surface area contributed by atoms with Crippen LogP contribution < -0.4 is 16.8 Å². The Morgan fingerprint density at radius 2 is 2.09 bits per heavy atom. The number of carbonyl (C=O) groups excluding carboxylic acids is 1. The second-order valence-electron chi connectivity index (χ2n) is 7.23. The first-order valence-corrected chi connectivity index (χ1v) is 8.01. The number of hydrogen-bond donors (Lipinski definition) is 3. The van der Waals surface area contributed by atoms with Crippen molar-refractivity contribution in [2.75, 3.05) is 26.2 Å². The van der Waals surface area contributed by atoms with E-state index in [9.17, 15) is 4.79 Å². The van der Waals surface area contributed by atoms with E-state index >= 15 is 0 Å². The number of nitrogens with two attached hydrogens (primary N) is 2. The standard InChI is InChI=1S/C15H26ClN5O2/c1-14(2,3)23-13(22)20-5-6-21-10(7-11(16)17)12(18)19-8-15(21,4)9-20/h7,19H,5-6,8-9,17-18H2,1-4H3/b11-7-. The molecular formula is C15H26ClN5O2. The molecule has 1 fully saturated rings. The lowest BCUT2D eigenvalue weighted by Gasteiger charge is -2.53. The molecule has 1 amide bonds. The van der Waals surface area contributed by atoms with Crippen molar-refractivity contribution < 1.29 is 9.53 Å². The minimum absolute atomic E-state index is 0.170. The number of amides is 1. The zero-order chi connectivity index (χ0) is 17.4. The maximum atomic E-state index is 12.3. The summed E-state index contributed by atoms with van der Waals surface area (Å²) in [5, 5.41) is 3.33. The Balaban J connectivity index is 2.19. The van der Waals surface area contributed by atoms with Gasteiger partial charge in [0.1, 0.15) is 16.6 Å². The van der Waals surface area contributed by atoms with Crippen molar-refractivity contribution in [1.29, 1.82) is 0 Å². The lowest BCUT2D eigenvalue weighted by molar-refractivity contribution is -0.0116. The Hall–Kier alpha value is -1.76. The molecule has 0 saturated carbocycles. The van der Waals surface area contributed by atoms with Crippen LogP contribution in [0.15, 0.2) is 22.8 Å². The van der Waals surface area contributed by atoms with Gasteiger partial charge in [-0.15, -0.1) is 0 Å². The van der Waals surface area contributed by atoms with Crippen LogP contribution in [-0.2, 0) is 4.74 Å². The first kappa shape index (κ1) is 17.6. The zero-order valence-electron chi connectivity index (χ0n) is 14.1. The third-order valence-corrected chi connectivity index (χ3v) is 4.04. The quantitative estimate of drug-likeness (QED) is 0.616.